The monoisotopic (exact) mass is 705 g/mol. The van der Waals surface area contributed by atoms with Crippen molar-refractivity contribution in [2.45, 2.75) is 56.5 Å². The highest BCUT2D eigenvalue weighted by atomic mass is 19.1. The molecular weight excluding hydrogens is 664 g/mol. The average Bonchev–Trinajstić information content (AvgIpc) is 3.64. The molecule has 1 unspecified atom stereocenters. The Bertz CT molecular complexity index is 2130. The minimum Gasteiger partial charge on any atom is -0.508 e. The molecule has 268 valence electrons. The lowest BCUT2D eigenvalue weighted by molar-refractivity contribution is -0.116. The maximum Gasteiger partial charge on any atom is 0.319 e. The number of phenolic OH excluding ortho intramolecular Hbond substituents is 1. The van der Waals surface area contributed by atoms with Crippen LogP contribution in [0.4, 0.5) is 14.6 Å². The van der Waals surface area contributed by atoms with Gasteiger partial charge >= 0.3 is 6.01 Å². The first kappa shape index (κ1) is 35.1. The molecule has 0 radical (unpaired) electrons. The number of carbonyl (C=O) groups is 1. The van der Waals surface area contributed by atoms with E-state index in [9.17, 15) is 14.3 Å². The molecule has 3 saturated heterocycles. The van der Waals surface area contributed by atoms with E-state index in [2.05, 4.69) is 54.7 Å². The molecule has 3 fully saturated rings. The summed E-state index contributed by atoms with van der Waals surface area (Å²) in [5, 5.41) is 17.9. The number of terminal acetylenes is 1. The lowest BCUT2D eigenvalue weighted by Crippen LogP contribution is -2.43. The van der Waals surface area contributed by atoms with Crippen LogP contribution in [-0.2, 0) is 4.79 Å². The highest BCUT2D eigenvalue weighted by molar-refractivity contribution is 6.03. The molecule has 2 aromatic heterocycles. The van der Waals surface area contributed by atoms with Crippen LogP contribution >= 0.6 is 0 Å². The van der Waals surface area contributed by atoms with Gasteiger partial charge in [0.1, 0.15) is 35.2 Å². The Balaban J connectivity index is 1.27. The predicted octanol–water partition coefficient (Wildman–Crippen LogP) is 5.07. The Labute approximate surface area is 301 Å². The van der Waals surface area contributed by atoms with E-state index in [4.69, 9.17) is 16.1 Å². The zero-order valence-electron chi connectivity index (χ0n) is 29.0. The summed E-state index contributed by atoms with van der Waals surface area (Å²) in [6, 6.07) is 5.65. The summed E-state index contributed by atoms with van der Waals surface area (Å²) in [4.78, 5) is 30.1. The van der Waals surface area contributed by atoms with Crippen LogP contribution in [0.1, 0.15) is 50.5 Å². The Kier molecular flexibility index (Phi) is 10.2. The van der Waals surface area contributed by atoms with Crippen molar-refractivity contribution in [1.29, 1.82) is 0 Å². The quantitative estimate of drug-likeness (QED) is 0.162. The fraction of sp³-hybridized carbons (Fsp3) is 0.400. The van der Waals surface area contributed by atoms with Gasteiger partial charge in [0.2, 0.25) is 5.91 Å². The number of nitrogens with zero attached hydrogens (tertiary/aromatic N) is 5. The topological polar surface area (TPSA) is 116 Å². The van der Waals surface area contributed by atoms with E-state index in [0.717, 1.165) is 58.0 Å². The molecule has 3 aliphatic rings. The van der Waals surface area contributed by atoms with E-state index in [1.54, 1.807) is 0 Å². The van der Waals surface area contributed by atoms with Gasteiger partial charge in [-0.15, -0.1) is 6.42 Å². The molecule has 1 atom stereocenters. The Morgan fingerprint density at radius 2 is 1.92 bits per heavy atom. The smallest absolute Gasteiger partial charge is 0.319 e. The van der Waals surface area contributed by atoms with Crippen LogP contribution < -0.4 is 20.3 Å². The van der Waals surface area contributed by atoms with Crippen molar-refractivity contribution in [3.63, 3.8) is 0 Å². The van der Waals surface area contributed by atoms with Crippen molar-refractivity contribution >= 4 is 33.4 Å². The molecule has 1 amide bonds. The van der Waals surface area contributed by atoms with Gasteiger partial charge in [0.05, 0.1) is 29.6 Å². The van der Waals surface area contributed by atoms with Crippen LogP contribution in [0.5, 0.6) is 11.8 Å². The number of hydrogen-bond donors (Lipinski definition) is 3. The zero-order valence-corrected chi connectivity index (χ0v) is 29.0. The molecule has 0 aliphatic carbocycles. The molecule has 0 saturated carbocycles. The molecular formula is C40H41F2N7O3. The maximum absolute atomic E-state index is 17.0. The summed E-state index contributed by atoms with van der Waals surface area (Å²) < 4.78 is 38.3. The number of aromatic hydroxyl groups is 1. The van der Waals surface area contributed by atoms with Crippen LogP contribution in [0.2, 0.25) is 0 Å². The fourth-order valence-corrected chi connectivity index (χ4v) is 7.95. The van der Waals surface area contributed by atoms with E-state index in [-0.39, 0.29) is 63.5 Å². The molecule has 52 heavy (non-hydrogen) atoms. The van der Waals surface area contributed by atoms with Crippen LogP contribution in [0.3, 0.4) is 0 Å². The number of pyridine rings is 1. The summed E-state index contributed by atoms with van der Waals surface area (Å²) in [6.07, 6.45) is 15.5. The van der Waals surface area contributed by atoms with E-state index in [1.165, 1.54) is 36.5 Å². The number of rotatable bonds is 9. The van der Waals surface area contributed by atoms with Crippen LogP contribution in [0.15, 0.2) is 43.1 Å². The van der Waals surface area contributed by atoms with Crippen LogP contribution in [0, 0.1) is 35.8 Å². The fourth-order valence-electron chi connectivity index (χ4n) is 7.95. The van der Waals surface area contributed by atoms with Crippen LogP contribution in [0.25, 0.3) is 32.9 Å². The summed E-state index contributed by atoms with van der Waals surface area (Å²) in [5.41, 5.74) is -0.0918. The van der Waals surface area contributed by atoms with Crippen molar-refractivity contribution in [1.82, 2.24) is 30.5 Å². The largest absolute Gasteiger partial charge is 0.508 e. The first-order valence-corrected chi connectivity index (χ1v) is 17.8. The van der Waals surface area contributed by atoms with Gasteiger partial charge in [0.15, 0.2) is 5.82 Å². The van der Waals surface area contributed by atoms with Gasteiger partial charge in [-0.2, -0.15) is 9.97 Å². The third kappa shape index (κ3) is 6.97. The second-order valence-corrected chi connectivity index (χ2v) is 13.7. The van der Waals surface area contributed by atoms with E-state index in [1.807, 2.05) is 0 Å². The molecule has 4 aromatic rings. The normalized spacial score (nSPS) is 18.3. The molecule has 12 heteroatoms. The number of hydrogen-bond acceptors (Lipinski definition) is 9. The van der Waals surface area contributed by atoms with Gasteiger partial charge < -0.3 is 25.4 Å². The summed E-state index contributed by atoms with van der Waals surface area (Å²) >= 11 is 0. The van der Waals surface area contributed by atoms with Gasteiger partial charge in [-0.3, -0.25) is 14.7 Å². The van der Waals surface area contributed by atoms with Crippen molar-refractivity contribution in [2.24, 2.45) is 0 Å². The zero-order chi connectivity index (χ0) is 36.2. The molecule has 5 heterocycles. The van der Waals surface area contributed by atoms with Gasteiger partial charge in [0.25, 0.3) is 0 Å². The second kappa shape index (κ2) is 15.1. The highest BCUT2D eigenvalue weighted by Gasteiger charge is 2.45. The molecule has 0 bridgehead atoms. The lowest BCUT2D eigenvalue weighted by Gasteiger charge is -2.31. The molecule has 7 rings (SSSR count). The highest BCUT2D eigenvalue weighted by Crippen LogP contribution is 2.41. The third-order valence-electron chi connectivity index (χ3n) is 10.5. The van der Waals surface area contributed by atoms with Gasteiger partial charge in [-0.05, 0) is 81.3 Å². The minimum atomic E-state index is -0.755. The van der Waals surface area contributed by atoms with Crippen molar-refractivity contribution < 1.29 is 23.4 Å². The number of fused-ring (bicyclic) bond motifs is 3. The summed E-state index contributed by atoms with van der Waals surface area (Å²) in [5.74, 6) is 7.09. The van der Waals surface area contributed by atoms with Gasteiger partial charge in [-0.25, -0.2) is 8.78 Å². The van der Waals surface area contributed by atoms with Crippen molar-refractivity contribution in [3.05, 3.63) is 60.3 Å². The van der Waals surface area contributed by atoms with Gasteiger partial charge in [0, 0.05) is 36.3 Å². The number of nitrogens with one attached hydrogen (secondary N) is 2. The minimum absolute atomic E-state index is 0.00791. The van der Waals surface area contributed by atoms with E-state index < -0.39 is 11.6 Å². The number of halogens is 2. The maximum atomic E-state index is 17.0. The van der Waals surface area contributed by atoms with E-state index >= 15 is 4.39 Å². The number of amides is 1. The van der Waals surface area contributed by atoms with E-state index in [0.29, 0.717) is 42.8 Å². The van der Waals surface area contributed by atoms with Gasteiger partial charge in [-0.1, -0.05) is 36.8 Å². The number of ether oxygens (including phenoxy) is 1. The summed E-state index contributed by atoms with van der Waals surface area (Å²) in [7, 11) is 0. The van der Waals surface area contributed by atoms with Crippen molar-refractivity contribution in [3.8, 4) is 47.2 Å². The average molecular weight is 706 g/mol. The van der Waals surface area contributed by atoms with Crippen molar-refractivity contribution in [2.75, 3.05) is 50.8 Å². The SMILES string of the molecule is C#Cc1c(F)ccc2cc(O)cc(-c3ncc4c(N5CCCCC(NCC#CCNC(=O)C=C)C5)nc(OCC56CCCN5CCC6)nc4c3F)c12. The van der Waals surface area contributed by atoms with Crippen LogP contribution in [-0.4, -0.2) is 88.3 Å². The Morgan fingerprint density at radius 3 is 2.71 bits per heavy atom. The Morgan fingerprint density at radius 1 is 1.12 bits per heavy atom. The predicted molar refractivity (Wildman–Crippen MR) is 197 cm³/mol. The lowest BCUT2D eigenvalue weighted by atomic mass is 9.95. The molecule has 0 spiro atoms. The molecule has 10 nitrogen and oxygen atoms in total. The molecule has 3 N–H and O–H groups in total. The number of benzene rings is 2. The standard InChI is InChI=1S/C40H41F2N7O3/c1-3-29-32(41)13-12-26-21-28(50)22-30(34(26)29)36-35(42)37-31(23-45-36)38(47-39(46-37)52-25-40-14-9-19-49(40)20-10-15-40)48-18-8-5-11-27(24-48)43-16-6-7-17-44-33(51)4-2/h1,4,12-13,21-23,27,43,50H,2,5,8-11,14-20,24-25H2,(H,44,51). The first-order valence-electron chi connectivity index (χ1n) is 17.8. The molecule has 2 aromatic carbocycles. The first-order chi connectivity index (χ1) is 25.3. The number of phenols is 1. The summed E-state index contributed by atoms with van der Waals surface area (Å²) in [6.45, 7) is 7.81. The number of carbonyl (C=O) groups excluding carboxylic acids is 1. The Hall–Kier alpha value is -5.30. The number of aromatic nitrogens is 3. The molecule has 3 aliphatic heterocycles. The second-order valence-electron chi connectivity index (χ2n) is 13.7. The third-order valence-corrected chi connectivity index (χ3v) is 10.5. The number of anilines is 1.